The monoisotopic (exact) mass is 493 g/mol. The topological polar surface area (TPSA) is 130 Å². The molecule has 0 radical (unpaired) electrons. The molecule has 0 unspecified atom stereocenters. The van der Waals surface area contributed by atoms with Crippen molar-refractivity contribution < 1.29 is 23.4 Å². The van der Waals surface area contributed by atoms with Crippen LogP contribution in [0, 0.1) is 11.3 Å². The zero-order chi connectivity index (χ0) is 24.6. The molecule has 1 N–H and O–H groups in total. The SMILES string of the molecule is N#Cc1nc(-c2ccccc2)cnc1S(=O)(=O)c1ccccc1.O=C(OO)c1cccc(Cl)c1. The predicted octanol–water partition coefficient (Wildman–Crippen LogP) is 4.82. The van der Waals surface area contributed by atoms with Crippen molar-refractivity contribution in [2.24, 2.45) is 0 Å². The molecular weight excluding hydrogens is 478 g/mol. The van der Waals surface area contributed by atoms with Crippen LogP contribution in [0.4, 0.5) is 0 Å². The van der Waals surface area contributed by atoms with Crippen molar-refractivity contribution in [1.82, 2.24) is 9.97 Å². The fourth-order valence-electron chi connectivity index (χ4n) is 2.77. The summed E-state index contributed by atoms with van der Waals surface area (Å²) >= 11 is 5.56. The van der Waals surface area contributed by atoms with E-state index in [1.165, 1.54) is 30.5 Å². The molecular formula is C24H16ClN3O5S. The number of rotatable bonds is 4. The van der Waals surface area contributed by atoms with E-state index in [1.807, 2.05) is 36.4 Å². The number of nitriles is 1. The van der Waals surface area contributed by atoms with E-state index in [0.717, 1.165) is 5.56 Å². The number of sulfone groups is 1. The smallest absolute Gasteiger partial charge is 0.296 e. The average molecular weight is 494 g/mol. The molecule has 3 aromatic carbocycles. The van der Waals surface area contributed by atoms with Crippen LogP contribution in [0.5, 0.6) is 0 Å². The lowest BCUT2D eigenvalue weighted by atomic mass is 10.2. The molecule has 4 aromatic rings. The number of halogens is 1. The number of hydrogen-bond acceptors (Lipinski definition) is 8. The number of carbonyl (C=O) groups is 1. The Hall–Kier alpha value is -4.10. The van der Waals surface area contributed by atoms with Crippen molar-refractivity contribution in [3.63, 3.8) is 0 Å². The molecule has 0 aliphatic carbocycles. The quantitative estimate of drug-likeness (QED) is 0.316. The van der Waals surface area contributed by atoms with Crippen LogP contribution < -0.4 is 0 Å². The molecule has 1 aromatic heterocycles. The van der Waals surface area contributed by atoms with Gasteiger partial charge >= 0.3 is 5.97 Å². The second-order valence-electron chi connectivity index (χ2n) is 6.59. The van der Waals surface area contributed by atoms with Gasteiger partial charge in [-0.05, 0) is 30.3 Å². The highest BCUT2D eigenvalue weighted by molar-refractivity contribution is 7.91. The summed E-state index contributed by atoms with van der Waals surface area (Å²) in [5.41, 5.74) is 1.23. The van der Waals surface area contributed by atoms with E-state index in [0.29, 0.717) is 10.7 Å². The predicted molar refractivity (Wildman–Crippen MR) is 124 cm³/mol. The van der Waals surface area contributed by atoms with E-state index in [2.05, 4.69) is 14.9 Å². The minimum absolute atomic E-state index is 0.0817. The summed E-state index contributed by atoms with van der Waals surface area (Å²) in [5, 5.41) is 17.4. The molecule has 0 bridgehead atoms. The lowest BCUT2D eigenvalue weighted by molar-refractivity contribution is -0.182. The molecule has 0 fully saturated rings. The Bertz CT molecular complexity index is 1440. The minimum Gasteiger partial charge on any atom is -0.296 e. The van der Waals surface area contributed by atoms with Crippen LogP contribution >= 0.6 is 11.6 Å². The molecule has 34 heavy (non-hydrogen) atoms. The lowest BCUT2D eigenvalue weighted by Crippen LogP contribution is -2.09. The maximum absolute atomic E-state index is 12.6. The Labute approximate surface area is 200 Å². The molecule has 0 atom stereocenters. The van der Waals surface area contributed by atoms with Gasteiger partial charge in [-0.15, -0.1) is 0 Å². The standard InChI is InChI=1S/C17H11N3O2S.C7H5ClO3/c18-11-15-17(23(21,22)14-9-5-2-6-10-14)19-12-16(20-15)13-7-3-1-4-8-13;8-6-3-1-2-5(4-6)7(9)11-10/h1-10,12H;1-4,10H. The first kappa shape index (κ1) is 24.5. The Morgan fingerprint density at radius 2 is 1.62 bits per heavy atom. The zero-order valence-electron chi connectivity index (χ0n) is 17.4. The molecule has 0 saturated carbocycles. The van der Waals surface area contributed by atoms with Crippen molar-refractivity contribution in [2.45, 2.75) is 9.92 Å². The summed E-state index contributed by atoms with van der Waals surface area (Å²) in [7, 11) is -3.88. The summed E-state index contributed by atoms with van der Waals surface area (Å²) < 4.78 is 25.2. The third-order valence-electron chi connectivity index (χ3n) is 4.37. The van der Waals surface area contributed by atoms with Crippen molar-refractivity contribution >= 4 is 27.4 Å². The number of hydrogen-bond donors (Lipinski definition) is 1. The van der Waals surface area contributed by atoms with Crippen LogP contribution in [0.15, 0.2) is 101 Å². The Morgan fingerprint density at radius 3 is 2.21 bits per heavy atom. The normalized spacial score (nSPS) is 10.4. The van der Waals surface area contributed by atoms with Gasteiger partial charge in [0.25, 0.3) is 0 Å². The van der Waals surface area contributed by atoms with E-state index in [1.54, 1.807) is 30.3 Å². The molecule has 0 aliphatic heterocycles. The van der Waals surface area contributed by atoms with Gasteiger partial charge in [0.05, 0.1) is 22.3 Å². The lowest BCUT2D eigenvalue weighted by Gasteiger charge is -2.07. The summed E-state index contributed by atoms with van der Waals surface area (Å²) in [5.74, 6) is -0.813. The van der Waals surface area contributed by atoms with Crippen molar-refractivity contribution in [2.75, 3.05) is 0 Å². The van der Waals surface area contributed by atoms with E-state index in [4.69, 9.17) is 16.9 Å². The summed E-state index contributed by atoms with van der Waals surface area (Å²) in [6.07, 6.45) is 1.37. The molecule has 170 valence electrons. The second-order valence-corrected chi connectivity index (χ2v) is 8.89. The van der Waals surface area contributed by atoms with E-state index >= 15 is 0 Å². The van der Waals surface area contributed by atoms with Crippen molar-refractivity contribution in [1.29, 1.82) is 5.26 Å². The fourth-order valence-corrected chi connectivity index (χ4v) is 4.24. The summed E-state index contributed by atoms with van der Waals surface area (Å²) in [6, 6.07) is 25.0. The molecule has 1 heterocycles. The van der Waals surface area contributed by atoms with Gasteiger partial charge in [-0.3, -0.25) is 4.89 Å². The number of aromatic nitrogens is 2. The minimum atomic E-state index is -3.88. The van der Waals surface area contributed by atoms with E-state index in [-0.39, 0.29) is 21.2 Å². The van der Waals surface area contributed by atoms with Crippen LogP contribution in [-0.2, 0) is 14.7 Å². The van der Waals surface area contributed by atoms with Crippen LogP contribution in [0.25, 0.3) is 11.3 Å². The summed E-state index contributed by atoms with van der Waals surface area (Å²) in [6.45, 7) is 0. The molecule has 0 amide bonds. The zero-order valence-corrected chi connectivity index (χ0v) is 18.9. The largest absolute Gasteiger partial charge is 0.372 e. The van der Waals surface area contributed by atoms with Crippen molar-refractivity contribution in [3.05, 3.63) is 107 Å². The Morgan fingerprint density at radius 1 is 0.971 bits per heavy atom. The third kappa shape index (κ3) is 5.82. The third-order valence-corrected chi connectivity index (χ3v) is 6.30. The van der Waals surface area contributed by atoms with Gasteiger partial charge in [0, 0.05) is 10.6 Å². The molecule has 0 aliphatic rings. The van der Waals surface area contributed by atoms with E-state index < -0.39 is 15.8 Å². The molecule has 0 saturated heterocycles. The maximum Gasteiger partial charge on any atom is 0.372 e. The molecule has 8 nitrogen and oxygen atoms in total. The summed E-state index contributed by atoms with van der Waals surface area (Å²) in [4.78, 5) is 22.4. The number of benzene rings is 3. The first-order valence-corrected chi connectivity index (χ1v) is 11.5. The van der Waals surface area contributed by atoms with Gasteiger partial charge in [-0.2, -0.15) is 10.5 Å². The average Bonchev–Trinajstić information content (AvgIpc) is 2.89. The Balaban J connectivity index is 0.000000248. The highest BCUT2D eigenvalue weighted by atomic mass is 35.5. The van der Waals surface area contributed by atoms with Gasteiger partial charge in [0.2, 0.25) is 9.84 Å². The van der Waals surface area contributed by atoms with Gasteiger partial charge in [0.1, 0.15) is 6.07 Å². The maximum atomic E-state index is 12.6. The second kappa shape index (κ2) is 11.2. The first-order chi connectivity index (χ1) is 16.4. The fraction of sp³-hybridized carbons (Fsp3) is 0. The highest BCUT2D eigenvalue weighted by Gasteiger charge is 2.24. The van der Waals surface area contributed by atoms with Gasteiger partial charge in [-0.25, -0.2) is 23.2 Å². The van der Waals surface area contributed by atoms with Gasteiger partial charge in [-0.1, -0.05) is 66.2 Å². The van der Waals surface area contributed by atoms with Crippen LogP contribution in [-0.4, -0.2) is 29.6 Å². The van der Waals surface area contributed by atoms with Crippen LogP contribution in [0.1, 0.15) is 16.1 Å². The van der Waals surface area contributed by atoms with Crippen molar-refractivity contribution in [3.8, 4) is 17.3 Å². The number of carbonyl (C=O) groups excluding carboxylic acids is 1. The molecule has 0 spiro atoms. The molecule has 4 rings (SSSR count). The number of nitrogens with zero attached hydrogens (tertiary/aromatic N) is 3. The highest BCUT2D eigenvalue weighted by Crippen LogP contribution is 2.23. The molecule has 10 heteroatoms. The first-order valence-electron chi connectivity index (χ1n) is 9.61. The van der Waals surface area contributed by atoms with Gasteiger partial charge in [0.15, 0.2) is 10.7 Å². The van der Waals surface area contributed by atoms with E-state index in [9.17, 15) is 18.5 Å². The van der Waals surface area contributed by atoms with Crippen LogP contribution in [0.2, 0.25) is 5.02 Å². The van der Waals surface area contributed by atoms with Gasteiger partial charge < -0.3 is 0 Å². The van der Waals surface area contributed by atoms with Crippen LogP contribution in [0.3, 0.4) is 0 Å². The Kier molecular flexibility index (Phi) is 8.05.